The van der Waals surface area contributed by atoms with Gasteiger partial charge in [-0.05, 0) is 43.2 Å². The van der Waals surface area contributed by atoms with E-state index < -0.39 is 10.0 Å². The average molecular weight is 432 g/mol. The van der Waals surface area contributed by atoms with Crippen molar-refractivity contribution >= 4 is 21.6 Å². The number of hydrogen-bond donors (Lipinski definition) is 1. The maximum atomic E-state index is 12.8. The van der Waals surface area contributed by atoms with Gasteiger partial charge in [0.25, 0.3) is 15.9 Å². The molecule has 0 bridgehead atoms. The Morgan fingerprint density at radius 3 is 2.67 bits per heavy atom. The fraction of sp³-hybridized carbons (Fsp3) is 0.381. The van der Waals surface area contributed by atoms with Crippen molar-refractivity contribution in [2.75, 3.05) is 38.1 Å². The fourth-order valence-corrected chi connectivity index (χ4v) is 4.58. The van der Waals surface area contributed by atoms with Crippen LogP contribution in [0.25, 0.3) is 0 Å². The van der Waals surface area contributed by atoms with Gasteiger partial charge in [-0.15, -0.1) is 0 Å². The number of benzene rings is 2. The molecular formula is C21H24N2O6S. The lowest BCUT2D eigenvalue weighted by Gasteiger charge is -2.21. The number of fused-ring (bicyclic) bond motifs is 1. The molecule has 1 unspecified atom stereocenters. The molecule has 2 aliphatic heterocycles. The Morgan fingerprint density at radius 2 is 1.90 bits per heavy atom. The van der Waals surface area contributed by atoms with Crippen molar-refractivity contribution in [3.05, 3.63) is 48.0 Å². The highest BCUT2D eigenvalue weighted by Crippen LogP contribution is 2.32. The Morgan fingerprint density at radius 1 is 1.10 bits per heavy atom. The zero-order chi connectivity index (χ0) is 21.1. The molecule has 0 spiro atoms. The van der Waals surface area contributed by atoms with Crippen LogP contribution in [0.1, 0.15) is 23.2 Å². The highest BCUT2D eigenvalue weighted by atomic mass is 32.2. The molecule has 1 fully saturated rings. The second-order valence-electron chi connectivity index (χ2n) is 7.31. The summed E-state index contributed by atoms with van der Waals surface area (Å²) in [4.78, 5) is 14.4. The van der Waals surface area contributed by atoms with E-state index in [4.69, 9.17) is 14.2 Å². The molecule has 1 atom stereocenters. The van der Waals surface area contributed by atoms with Gasteiger partial charge < -0.3 is 19.1 Å². The molecular weight excluding hydrogens is 408 g/mol. The van der Waals surface area contributed by atoms with E-state index >= 15 is 0 Å². The van der Waals surface area contributed by atoms with Gasteiger partial charge in [-0.1, -0.05) is 6.07 Å². The summed E-state index contributed by atoms with van der Waals surface area (Å²) >= 11 is 0. The molecule has 8 nitrogen and oxygen atoms in total. The van der Waals surface area contributed by atoms with Gasteiger partial charge in [-0.2, -0.15) is 0 Å². The van der Waals surface area contributed by atoms with Gasteiger partial charge in [-0.3, -0.25) is 9.52 Å². The van der Waals surface area contributed by atoms with Gasteiger partial charge >= 0.3 is 0 Å². The zero-order valence-electron chi connectivity index (χ0n) is 16.7. The summed E-state index contributed by atoms with van der Waals surface area (Å²) in [6, 6.07) is 10.9. The summed E-state index contributed by atoms with van der Waals surface area (Å²) in [6.45, 7) is 2.03. The molecule has 160 valence electrons. The largest absolute Gasteiger partial charge is 0.486 e. The van der Waals surface area contributed by atoms with Crippen LogP contribution in [-0.2, 0) is 14.8 Å². The molecule has 0 aliphatic carbocycles. The first kappa shape index (κ1) is 20.5. The molecule has 2 aromatic carbocycles. The zero-order valence-corrected chi connectivity index (χ0v) is 17.5. The van der Waals surface area contributed by atoms with E-state index in [2.05, 4.69) is 4.72 Å². The second kappa shape index (κ2) is 8.53. The highest BCUT2D eigenvalue weighted by Gasteiger charge is 2.22. The molecule has 30 heavy (non-hydrogen) atoms. The minimum Gasteiger partial charge on any atom is -0.486 e. The van der Waals surface area contributed by atoms with Crippen LogP contribution in [0, 0.1) is 0 Å². The monoisotopic (exact) mass is 432 g/mol. The normalized spacial score (nSPS) is 18.1. The quantitative estimate of drug-likeness (QED) is 0.754. The van der Waals surface area contributed by atoms with Crippen LogP contribution >= 0.6 is 0 Å². The number of anilines is 1. The van der Waals surface area contributed by atoms with Crippen LogP contribution in [0.3, 0.4) is 0 Å². The van der Waals surface area contributed by atoms with Gasteiger partial charge in [0.1, 0.15) is 13.2 Å². The molecule has 2 aliphatic rings. The number of ether oxygens (including phenoxy) is 3. The van der Waals surface area contributed by atoms with Crippen molar-refractivity contribution in [2.24, 2.45) is 0 Å². The van der Waals surface area contributed by atoms with Gasteiger partial charge in [0.2, 0.25) is 0 Å². The number of rotatable bonds is 6. The average Bonchev–Trinajstić information content (AvgIpc) is 3.25. The number of likely N-dealkylation sites (N-methyl/N-ethyl adjacent to an activating group) is 1. The van der Waals surface area contributed by atoms with Gasteiger partial charge in [-0.25, -0.2) is 8.42 Å². The maximum Gasteiger partial charge on any atom is 0.262 e. The topological polar surface area (TPSA) is 94.2 Å². The molecule has 9 heteroatoms. The SMILES string of the molecule is CN(CC1CCCO1)C(=O)c1cccc(NS(=O)(=O)c2ccc3c(c2)OCCO3)c1. The molecule has 1 saturated heterocycles. The summed E-state index contributed by atoms with van der Waals surface area (Å²) < 4.78 is 44.6. The number of nitrogens with zero attached hydrogens (tertiary/aromatic N) is 1. The Bertz CT molecular complexity index is 1030. The summed E-state index contributed by atoms with van der Waals surface area (Å²) in [7, 11) is -2.14. The lowest BCUT2D eigenvalue weighted by molar-refractivity contribution is 0.0587. The summed E-state index contributed by atoms with van der Waals surface area (Å²) in [6.07, 6.45) is 1.99. The molecule has 0 aromatic heterocycles. The molecule has 2 aromatic rings. The first-order valence-corrected chi connectivity index (χ1v) is 11.3. The van der Waals surface area contributed by atoms with E-state index in [0.717, 1.165) is 19.4 Å². The minimum absolute atomic E-state index is 0.0517. The summed E-state index contributed by atoms with van der Waals surface area (Å²) in [5.74, 6) is 0.719. The van der Waals surface area contributed by atoms with Crippen LogP contribution in [0.4, 0.5) is 5.69 Å². The predicted molar refractivity (Wildman–Crippen MR) is 111 cm³/mol. The van der Waals surface area contributed by atoms with Crippen molar-refractivity contribution in [1.29, 1.82) is 0 Å². The molecule has 1 amide bonds. The first-order chi connectivity index (χ1) is 14.4. The Hall–Kier alpha value is -2.78. The van der Waals surface area contributed by atoms with Crippen LogP contribution in [0.2, 0.25) is 0 Å². The molecule has 4 rings (SSSR count). The van der Waals surface area contributed by atoms with Crippen molar-refractivity contribution in [1.82, 2.24) is 4.90 Å². The van der Waals surface area contributed by atoms with Crippen LogP contribution in [-0.4, -0.2) is 58.7 Å². The van der Waals surface area contributed by atoms with Crippen LogP contribution in [0.5, 0.6) is 11.5 Å². The van der Waals surface area contributed by atoms with Crippen LogP contribution < -0.4 is 14.2 Å². The number of amides is 1. The minimum atomic E-state index is -3.86. The molecule has 1 N–H and O–H groups in total. The van der Waals surface area contributed by atoms with E-state index in [9.17, 15) is 13.2 Å². The summed E-state index contributed by atoms with van der Waals surface area (Å²) in [5.41, 5.74) is 0.708. The molecule has 0 radical (unpaired) electrons. The van der Waals surface area contributed by atoms with E-state index in [1.165, 1.54) is 18.2 Å². The van der Waals surface area contributed by atoms with E-state index in [-0.39, 0.29) is 16.9 Å². The fourth-order valence-electron chi connectivity index (χ4n) is 3.52. The smallest absolute Gasteiger partial charge is 0.262 e. The Labute approximate surface area is 175 Å². The van der Waals surface area contributed by atoms with Gasteiger partial charge in [0, 0.05) is 37.5 Å². The number of nitrogens with one attached hydrogen (secondary N) is 1. The number of sulfonamides is 1. The number of carbonyl (C=O) groups excluding carboxylic acids is 1. The predicted octanol–water partition coefficient (Wildman–Crippen LogP) is 2.51. The molecule has 0 saturated carbocycles. The first-order valence-electron chi connectivity index (χ1n) is 9.82. The van der Waals surface area contributed by atoms with E-state index in [0.29, 0.717) is 42.5 Å². The lowest BCUT2D eigenvalue weighted by atomic mass is 10.1. The third-order valence-electron chi connectivity index (χ3n) is 5.03. The maximum absolute atomic E-state index is 12.8. The van der Waals surface area contributed by atoms with Crippen molar-refractivity contribution < 1.29 is 27.4 Å². The number of hydrogen-bond acceptors (Lipinski definition) is 6. The molecule has 2 heterocycles. The summed E-state index contributed by atoms with van der Waals surface area (Å²) in [5, 5.41) is 0. The highest BCUT2D eigenvalue weighted by molar-refractivity contribution is 7.92. The van der Waals surface area contributed by atoms with Crippen LogP contribution in [0.15, 0.2) is 47.4 Å². The number of carbonyl (C=O) groups is 1. The third kappa shape index (κ3) is 4.52. The van der Waals surface area contributed by atoms with Crippen molar-refractivity contribution in [3.8, 4) is 11.5 Å². The van der Waals surface area contributed by atoms with Gasteiger partial charge in [0.15, 0.2) is 11.5 Å². The van der Waals surface area contributed by atoms with Crippen molar-refractivity contribution in [3.63, 3.8) is 0 Å². The lowest BCUT2D eigenvalue weighted by Crippen LogP contribution is -2.34. The van der Waals surface area contributed by atoms with E-state index in [1.54, 1.807) is 36.2 Å². The Balaban J connectivity index is 1.48. The standard InChI is InChI=1S/C21H24N2O6S/c1-23(14-17-6-3-9-27-17)21(24)15-4-2-5-16(12-15)22-30(25,26)18-7-8-19-20(13-18)29-11-10-28-19/h2,4-5,7-8,12-13,17,22H,3,6,9-11,14H2,1H3. The third-order valence-corrected chi connectivity index (χ3v) is 6.41. The van der Waals surface area contributed by atoms with Crippen molar-refractivity contribution in [2.45, 2.75) is 23.8 Å². The van der Waals surface area contributed by atoms with E-state index in [1.807, 2.05) is 0 Å². The van der Waals surface area contributed by atoms with Gasteiger partial charge in [0.05, 0.1) is 11.0 Å². The second-order valence-corrected chi connectivity index (χ2v) is 8.99. The Kier molecular flexibility index (Phi) is 5.83.